The van der Waals surface area contributed by atoms with Gasteiger partial charge in [-0.05, 0) is 71.1 Å². The molecule has 4 unspecified atom stereocenters. The Kier molecular flexibility index (Phi) is 5.92. The van der Waals surface area contributed by atoms with Gasteiger partial charge in [0.25, 0.3) is 0 Å². The number of fused-ring (bicyclic) bond motifs is 3. The molecule has 4 aliphatic rings. The van der Waals surface area contributed by atoms with Gasteiger partial charge in [-0.3, -0.25) is 24.1 Å². The summed E-state index contributed by atoms with van der Waals surface area (Å²) in [5.74, 6) is -3.73. The topological polar surface area (TPSA) is 101 Å². The molecule has 2 aromatic rings. The molecule has 1 saturated heterocycles. The van der Waals surface area contributed by atoms with Gasteiger partial charge in [-0.1, -0.05) is 29.3 Å². The first kappa shape index (κ1) is 24.8. The van der Waals surface area contributed by atoms with Gasteiger partial charge in [0.2, 0.25) is 11.8 Å². The standard InChI is InChI=1S/C29H21BrClNO6/c1-38-22-4-2-3-20(33)26(22)25-15-9-10-16-23(17(15)11-18-24(25)21(34)12-19(30)27(18)35)29(37)32(28(16)36)14-7-5-13(31)6-8-14/h2-9,12,16-17,23,25,33H,10-11H2,1H3. The van der Waals surface area contributed by atoms with E-state index in [2.05, 4.69) is 15.9 Å². The van der Waals surface area contributed by atoms with Gasteiger partial charge in [-0.25, -0.2) is 0 Å². The molecule has 192 valence electrons. The van der Waals surface area contributed by atoms with Crippen LogP contribution in [-0.4, -0.2) is 35.6 Å². The number of phenols is 1. The van der Waals surface area contributed by atoms with Crippen LogP contribution in [0.4, 0.5) is 5.69 Å². The van der Waals surface area contributed by atoms with Gasteiger partial charge in [-0.2, -0.15) is 0 Å². The van der Waals surface area contributed by atoms with Crippen molar-refractivity contribution >= 4 is 56.6 Å². The second-order valence-corrected chi connectivity index (χ2v) is 11.1. The minimum absolute atomic E-state index is 0.0876. The highest BCUT2D eigenvalue weighted by Crippen LogP contribution is 2.57. The number of hydrogen-bond acceptors (Lipinski definition) is 6. The summed E-state index contributed by atoms with van der Waals surface area (Å²) in [7, 11) is 1.46. The van der Waals surface area contributed by atoms with Crippen molar-refractivity contribution in [2.75, 3.05) is 12.0 Å². The van der Waals surface area contributed by atoms with Crippen LogP contribution >= 0.6 is 27.5 Å². The number of amides is 2. The first-order valence-electron chi connectivity index (χ1n) is 12.1. The summed E-state index contributed by atoms with van der Waals surface area (Å²) in [6, 6.07) is 11.3. The smallest absolute Gasteiger partial charge is 0.238 e. The van der Waals surface area contributed by atoms with Crippen molar-refractivity contribution < 1.29 is 29.0 Å². The highest BCUT2D eigenvalue weighted by atomic mass is 79.9. The molecule has 0 bridgehead atoms. The van der Waals surface area contributed by atoms with E-state index in [0.717, 1.165) is 5.57 Å². The number of nitrogens with zero attached hydrogens (tertiary/aromatic N) is 1. The average molecular weight is 595 g/mol. The molecule has 1 heterocycles. The van der Waals surface area contributed by atoms with Crippen LogP contribution in [0.3, 0.4) is 0 Å². The van der Waals surface area contributed by atoms with Crippen molar-refractivity contribution in [3.05, 3.63) is 86.4 Å². The van der Waals surface area contributed by atoms with Crippen molar-refractivity contribution in [3.63, 3.8) is 0 Å². The van der Waals surface area contributed by atoms with E-state index in [1.54, 1.807) is 36.4 Å². The lowest BCUT2D eigenvalue weighted by molar-refractivity contribution is -0.123. The number of carbonyl (C=O) groups excluding carboxylic acids is 4. The largest absolute Gasteiger partial charge is 0.507 e. The number of ketones is 2. The van der Waals surface area contributed by atoms with Gasteiger partial charge in [0.15, 0.2) is 11.6 Å². The number of hydrogen-bond donors (Lipinski definition) is 1. The second kappa shape index (κ2) is 9.06. The van der Waals surface area contributed by atoms with Crippen LogP contribution in [0.1, 0.15) is 24.3 Å². The molecule has 6 rings (SSSR count). The van der Waals surface area contributed by atoms with E-state index in [-0.39, 0.29) is 51.2 Å². The first-order valence-corrected chi connectivity index (χ1v) is 13.3. The normalized spacial score (nSPS) is 26.6. The summed E-state index contributed by atoms with van der Waals surface area (Å²) in [6.07, 6.45) is 3.57. The zero-order valence-corrected chi connectivity index (χ0v) is 22.5. The fourth-order valence-corrected chi connectivity index (χ4v) is 6.96. The Morgan fingerprint density at radius 1 is 1.03 bits per heavy atom. The minimum Gasteiger partial charge on any atom is -0.507 e. The Bertz CT molecular complexity index is 1540. The van der Waals surface area contributed by atoms with Crippen LogP contribution < -0.4 is 9.64 Å². The number of benzene rings is 2. The zero-order chi connectivity index (χ0) is 26.9. The van der Waals surface area contributed by atoms with E-state index >= 15 is 0 Å². The summed E-state index contributed by atoms with van der Waals surface area (Å²) >= 11 is 9.23. The maximum atomic E-state index is 13.9. The molecular weight excluding hydrogens is 574 g/mol. The molecule has 1 N–H and O–H groups in total. The van der Waals surface area contributed by atoms with E-state index in [1.807, 2.05) is 6.08 Å². The lowest BCUT2D eigenvalue weighted by atomic mass is 9.59. The lowest BCUT2D eigenvalue weighted by Crippen LogP contribution is -2.39. The number of phenolic OH excluding ortho intramolecular Hbond substituents is 1. The third-order valence-corrected chi connectivity index (χ3v) is 8.81. The molecule has 0 spiro atoms. The number of anilines is 1. The van der Waals surface area contributed by atoms with Gasteiger partial charge in [0.1, 0.15) is 11.5 Å². The SMILES string of the molecule is COc1cccc(O)c1C1C2=CCC3C(=O)N(c4ccc(Cl)cc4)C(=O)C3C2CC2=C1C(=O)C=C(Br)C2=O. The zero-order valence-electron chi connectivity index (χ0n) is 20.1. The molecule has 0 aromatic heterocycles. The molecule has 1 fully saturated rings. The number of ether oxygens (including phenoxy) is 1. The molecule has 1 aliphatic heterocycles. The van der Waals surface area contributed by atoms with Crippen LogP contribution in [0.25, 0.3) is 0 Å². The molecule has 4 atom stereocenters. The fourth-order valence-electron chi connectivity index (χ4n) is 6.38. The predicted molar refractivity (Wildman–Crippen MR) is 143 cm³/mol. The summed E-state index contributed by atoms with van der Waals surface area (Å²) < 4.78 is 5.70. The Balaban J connectivity index is 1.52. The molecule has 7 nitrogen and oxygen atoms in total. The van der Waals surface area contributed by atoms with Crippen LogP contribution in [0.5, 0.6) is 11.5 Å². The number of aromatic hydroxyl groups is 1. The Labute approximate surface area is 231 Å². The van der Waals surface area contributed by atoms with E-state index < -0.39 is 23.7 Å². The number of rotatable bonds is 3. The molecule has 2 amide bonds. The van der Waals surface area contributed by atoms with Gasteiger partial charge in [0, 0.05) is 33.7 Å². The average Bonchev–Trinajstić information content (AvgIpc) is 3.16. The van der Waals surface area contributed by atoms with Crippen molar-refractivity contribution in [2.45, 2.75) is 18.8 Å². The van der Waals surface area contributed by atoms with Crippen molar-refractivity contribution in [3.8, 4) is 11.5 Å². The third-order valence-electron chi connectivity index (χ3n) is 7.97. The van der Waals surface area contributed by atoms with Crippen LogP contribution in [0.15, 0.2) is 75.8 Å². The number of allylic oxidation sites excluding steroid dienone is 6. The van der Waals surface area contributed by atoms with E-state index in [9.17, 15) is 24.3 Å². The van der Waals surface area contributed by atoms with Gasteiger partial charge >= 0.3 is 0 Å². The maximum absolute atomic E-state index is 13.9. The maximum Gasteiger partial charge on any atom is 0.238 e. The van der Waals surface area contributed by atoms with E-state index in [4.69, 9.17) is 16.3 Å². The van der Waals surface area contributed by atoms with Crippen molar-refractivity contribution in [1.82, 2.24) is 0 Å². The van der Waals surface area contributed by atoms with Crippen molar-refractivity contribution in [1.29, 1.82) is 0 Å². The monoisotopic (exact) mass is 593 g/mol. The van der Waals surface area contributed by atoms with Crippen LogP contribution in [0, 0.1) is 17.8 Å². The second-order valence-electron chi connectivity index (χ2n) is 9.77. The van der Waals surface area contributed by atoms with Gasteiger partial charge < -0.3 is 9.84 Å². The van der Waals surface area contributed by atoms with E-state index in [1.165, 1.54) is 24.2 Å². The predicted octanol–water partition coefficient (Wildman–Crippen LogP) is 5.02. The first-order chi connectivity index (χ1) is 18.2. The third kappa shape index (κ3) is 3.54. The van der Waals surface area contributed by atoms with Crippen molar-refractivity contribution in [2.24, 2.45) is 17.8 Å². The van der Waals surface area contributed by atoms with E-state index in [0.29, 0.717) is 28.4 Å². The Hall–Kier alpha value is -3.49. The summed E-state index contributed by atoms with van der Waals surface area (Å²) in [4.78, 5) is 55.3. The van der Waals surface area contributed by atoms with Gasteiger partial charge in [-0.15, -0.1) is 0 Å². The molecule has 2 aromatic carbocycles. The lowest BCUT2D eigenvalue weighted by Gasteiger charge is -2.42. The number of carbonyl (C=O) groups is 4. The minimum atomic E-state index is -0.804. The number of methoxy groups -OCH3 is 1. The number of Topliss-reactive ketones (excluding diaryl/α,β-unsaturated/α-hetero) is 1. The molecular formula is C29H21BrClNO6. The molecule has 9 heteroatoms. The van der Waals surface area contributed by atoms with Crippen LogP contribution in [-0.2, 0) is 19.2 Å². The summed E-state index contributed by atoms with van der Waals surface area (Å²) in [5.41, 5.74) is 2.08. The number of halogens is 2. The summed E-state index contributed by atoms with van der Waals surface area (Å²) in [6.45, 7) is 0. The Morgan fingerprint density at radius 3 is 2.47 bits per heavy atom. The van der Waals surface area contributed by atoms with Crippen LogP contribution in [0.2, 0.25) is 5.02 Å². The molecule has 0 radical (unpaired) electrons. The highest BCUT2D eigenvalue weighted by molar-refractivity contribution is 9.12. The quantitative estimate of drug-likeness (QED) is 0.304. The van der Waals surface area contributed by atoms with Gasteiger partial charge in [0.05, 0.1) is 29.1 Å². The number of imide groups is 1. The fraction of sp³-hybridized carbons (Fsp3) is 0.241. The molecule has 38 heavy (non-hydrogen) atoms. The molecule has 3 aliphatic carbocycles. The summed E-state index contributed by atoms with van der Waals surface area (Å²) in [5, 5.41) is 11.4. The Morgan fingerprint density at radius 2 is 1.76 bits per heavy atom. The highest BCUT2D eigenvalue weighted by Gasteiger charge is 2.57. The molecule has 0 saturated carbocycles.